The number of hydrogen-bond donors (Lipinski definition) is 3. The lowest BCUT2D eigenvalue weighted by molar-refractivity contribution is -0.216. The first kappa shape index (κ1) is 44.2. The lowest BCUT2D eigenvalue weighted by Gasteiger charge is -2.64. The number of esters is 2. The molecule has 3 aromatic carbocycles. The largest absolute Gasteiger partial charge is 0.496 e. The third-order valence-corrected chi connectivity index (χ3v) is 16.2. The molecule has 10 rings (SSSR count). The molecule has 1 spiro atoms. The van der Waals surface area contributed by atoms with Crippen LogP contribution in [0.5, 0.6) is 11.5 Å². The number of aromatic nitrogens is 1. The van der Waals surface area contributed by atoms with Crippen LogP contribution in [-0.2, 0) is 36.3 Å². The zero-order valence-corrected chi connectivity index (χ0v) is 38.6. The third-order valence-electron chi connectivity index (χ3n) is 16.2. The maximum atomic E-state index is 15.4. The van der Waals surface area contributed by atoms with E-state index in [0.29, 0.717) is 50.1 Å². The van der Waals surface area contributed by atoms with Crippen molar-refractivity contribution in [2.24, 2.45) is 11.3 Å². The van der Waals surface area contributed by atoms with Crippen molar-refractivity contribution in [2.75, 3.05) is 65.4 Å². The number of nitrogens with one attached hydrogen (secondary N) is 2. The maximum Gasteiger partial charge on any atom is 0.412 e. The van der Waals surface area contributed by atoms with Crippen molar-refractivity contribution in [2.45, 2.75) is 87.5 Å². The van der Waals surface area contributed by atoms with Crippen molar-refractivity contribution >= 4 is 34.6 Å². The Morgan fingerprint density at radius 3 is 2.53 bits per heavy atom. The molecular formula is C52H60FN5O8. The minimum Gasteiger partial charge on any atom is -0.496 e. The number of hydrogen-bond acceptors (Lipinski definition) is 11. The number of anilines is 1. The van der Waals surface area contributed by atoms with Crippen LogP contribution in [0.15, 0.2) is 84.5 Å². The van der Waals surface area contributed by atoms with E-state index >= 15 is 4.79 Å². The Morgan fingerprint density at radius 1 is 1.02 bits per heavy atom. The number of benzene rings is 3. The Morgan fingerprint density at radius 2 is 1.80 bits per heavy atom. The molecule has 3 N–H and O–H groups in total. The van der Waals surface area contributed by atoms with Crippen LogP contribution in [0.3, 0.4) is 0 Å². The van der Waals surface area contributed by atoms with Gasteiger partial charge in [-0.3, -0.25) is 19.4 Å². The monoisotopic (exact) mass is 901 g/mol. The highest BCUT2D eigenvalue weighted by molar-refractivity contribution is 5.94. The van der Waals surface area contributed by atoms with Gasteiger partial charge >= 0.3 is 18.0 Å². The number of fused-ring (bicyclic) bond motifs is 6. The van der Waals surface area contributed by atoms with Gasteiger partial charge in [0.1, 0.15) is 34.4 Å². The van der Waals surface area contributed by atoms with Crippen molar-refractivity contribution in [3.63, 3.8) is 0 Å². The number of aliphatic hydroxyl groups is 1. The van der Waals surface area contributed by atoms with Crippen molar-refractivity contribution < 1.29 is 42.8 Å². The van der Waals surface area contributed by atoms with Gasteiger partial charge in [-0.2, -0.15) is 0 Å². The Labute approximate surface area is 384 Å². The Balaban J connectivity index is 1.21. The highest BCUT2D eigenvalue weighted by atomic mass is 19.1. The summed E-state index contributed by atoms with van der Waals surface area (Å²) in [5, 5.41) is 17.8. The number of H-pyrrole nitrogens is 1. The third kappa shape index (κ3) is 6.37. The first-order valence-corrected chi connectivity index (χ1v) is 23.4. The summed E-state index contributed by atoms with van der Waals surface area (Å²) in [4.78, 5) is 53.2. The van der Waals surface area contributed by atoms with Gasteiger partial charge in [0.15, 0.2) is 0 Å². The molecule has 5 aliphatic heterocycles. The average molecular weight is 902 g/mol. The minimum atomic E-state index is -1.92. The molecule has 13 nitrogen and oxygen atoms in total. The number of para-hydroxylation sites is 1. The Hall–Kier alpha value is -5.70. The fourth-order valence-corrected chi connectivity index (χ4v) is 13.9. The highest BCUT2D eigenvalue weighted by Crippen LogP contribution is 2.68. The van der Waals surface area contributed by atoms with E-state index in [2.05, 4.69) is 75.3 Å². The van der Waals surface area contributed by atoms with Gasteiger partial charge in [0.25, 0.3) is 0 Å². The number of likely N-dealkylation sites (N-methyl/N-ethyl adjacent to an activating group) is 1. The summed E-state index contributed by atoms with van der Waals surface area (Å²) in [5.74, 6) is -0.808. The lowest BCUT2D eigenvalue weighted by atomic mass is 9.47. The maximum absolute atomic E-state index is 15.4. The number of halogens is 1. The first-order chi connectivity index (χ1) is 31.8. The van der Waals surface area contributed by atoms with Crippen LogP contribution in [0.1, 0.15) is 68.8 Å². The summed E-state index contributed by atoms with van der Waals surface area (Å²) < 4.78 is 38.2. The van der Waals surface area contributed by atoms with Gasteiger partial charge in [-0.15, -0.1) is 0 Å². The molecular weight excluding hydrogens is 842 g/mol. The summed E-state index contributed by atoms with van der Waals surface area (Å²) >= 11 is 0. The van der Waals surface area contributed by atoms with E-state index < -0.39 is 57.8 Å². The van der Waals surface area contributed by atoms with Crippen molar-refractivity contribution in [3.8, 4) is 11.5 Å². The molecule has 9 atom stereocenters. The molecule has 66 heavy (non-hydrogen) atoms. The molecule has 1 aromatic heterocycles. The van der Waals surface area contributed by atoms with Gasteiger partial charge in [-0.05, 0) is 92.1 Å². The predicted molar refractivity (Wildman–Crippen MR) is 247 cm³/mol. The molecule has 2 bridgehead atoms. The highest BCUT2D eigenvalue weighted by Gasteiger charge is 2.78. The quantitative estimate of drug-likeness (QED) is 0.124. The van der Waals surface area contributed by atoms with E-state index in [1.54, 1.807) is 7.11 Å². The summed E-state index contributed by atoms with van der Waals surface area (Å²) in [6, 6.07) is 16.5. The fourth-order valence-electron chi connectivity index (χ4n) is 13.9. The van der Waals surface area contributed by atoms with Crippen LogP contribution in [0.2, 0.25) is 0 Å². The second-order valence-corrected chi connectivity index (χ2v) is 19.4. The van der Waals surface area contributed by atoms with Crippen molar-refractivity contribution in [3.05, 3.63) is 113 Å². The molecule has 4 aromatic rings. The summed E-state index contributed by atoms with van der Waals surface area (Å²) in [7, 11) is 5.03. The molecule has 14 heteroatoms. The molecule has 0 radical (unpaired) electrons. The van der Waals surface area contributed by atoms with E-state index in [9.17, 15) is 19.1 Å². The van der Waals surface area contributed by atoms with E-state index in [0.717, 1.165) is 59.5 Å². The van der Waals surface area contributed by atoms with Crippen LogP contribution in [-0.4, -0.2) is 122 Å². The molecule has 348 valence electrons. The molecule has 1 aliphatic carbocycles. The molecule has 6 heterocycles. The number of methoxy groups -OCH3 is 2. The zero-order valence-electron chi connectivity index (χ0n) is 38.6. The standard InChI is InChI=1S/C52H60FN5O8/c1-7-32-24-33-27-51(47(60)64-6,43-37(18-22-57(28-32)29-33)36-12-9-10-13-40(36)55-43)39-25-38-41(26-42(39)63-5)56(4)45-50(38)20-23-58-21-11-19-49(8-2,44(50)58)46(65-31(3)59)52(45,62)30-54-48(61)66-35-16-14-34(53)15-17-35/h9-17,19,24-26,33,44-46,55,62H,7-8,18,20-23,27-30H2,1-6H3,(H,54,61)/t33-,44-,45+,46+,49+,50+,51-,52?/m0/s1. The van der Waals surface area contributed by atoms with Crippen LogP contribution in [0.4, 0.5) is 14.9 Å². The number of carbonyl (C=O) groups is 3. The number of carbonyl (C=O) groups excluding carboxylic acids is 3. The van der Waals surface area contributed by atoms with E-state index in [-0.39, 0.29) is 24.3 Å². The van der Waals surface area contributed by atoms with Crippen molar-refractivity contribution in [1.29, 1.82) is 0 Å². The first-order valence-electron chi connectivity index (χ1n) is 23.4. The number of ether oxygens (including phenoxy) is 4. The Kier molecular flexibility index (Phi) is 10.9. The minimum absolute atomic E-state index is 0.0000900. The van der Waals surface area contributed by atoms with Crippen molar-refractivity contribution in [1.82, 2.24) is 20.1 Å². The smallest absolute Gasteiger partial charge is 0.412 e. The Bertz CT molecular complexity index is 2670. The SMILES string of the molecule is CCC1=C[C@@H]2CN(CCc3c([nH]c4ccccc34)[C@@](C(=O)OC)(c3cc4c(cc3OC)N(C)[C@H]3C(O)(CNC(=O)Oc5ccc(F)cc5)[C@H](OC(C)=O)[C@]5(CC)C=CCN6CC[C@]43[C@@H]65)C2)C1. The second kappa shape index (κ2) is 16.3. The molecule has 1 amide bonds. The van der Waals surface area contributed by atoms with Gasteiger partial charge < -0.3 is 39.3 Å². The van der Waals surface area contributed by atoms with Gasteiger partial charge in [0.05, 0.1) is 26.8 Å². The lowest BCUT2D eigenvalue weighted by Crippen LogP contribution is -2.81. The van der Waals surface area contributed by atoms with E-state index in [4.69, 9.17) is 18.9 Å². The van der Waals surface area contributed by atoms with E-state index in [1.807, 2.05) is 25.2 Å². The van der Waals surface area contributed by atoms with Gasteiger partial charge in [0.2, 0.25) is 0 Å². The number of aromatic amines is 1. The molecule has 1 saturated heterocycles. The van der Waals surface area contributed by atoms with Crippen LogP contribution < -0.4 is 19.7 Å². The second-order valence-electron chi connectivity index (χ2n) is 19.4. The number of amides is 1. The summed E-state index contributed by atoms with van der Waals surface area (Å²) in [6.45, 7) is 9.08. The predicted octanol–water partition coefficient (Wildman–Crippen LogP) is 6.55. The summed E-state index contributed by atoms with van der Waals surface area (Å²) in [6.07, 6.45) is 7.76. The molecule has 6 aliphatic rings. The normalized spacial score (nSPS) is 31.8. The summed E-state index contributed by atoms with van der Waals surface area (Å²) in [5.41, 5.74) is 1.51. The van der Waals surface area contributed by atoms with Gasteiger partial charge in [0, 0.05) is 90.9 Å². The topological polar surface area (TPSA) is 146 Å². The zero-order chi connectivity index (χ0) is 46.3. The molecule has 2 unspecified atom stereocenters. The van der Waals surface area contributed by atoms with Crippen LogP contribution in [0, 0.1) is 17.2 Å². The van der Waals surface area contributed by atoms with Gasteiger partial charge in [-0.1, -0.05) is 55.8 Å². The molecule has 2 fully saturated rings. The fraction of sp³-hybridized carbons (Fsp3) is 0.481. The van der Waals surface area contributed by atoms with Crippen LogP contribution in [0.25, 0.3) is 10.9 Å². The van der Waals surface area contributed by atoms with Crippen LogP contribution >= 0.6 is 0 Å². The average Bonchev–Trinajstić information content (AvgIpc) is 3.98. The van der Waals surface area contributed by atoms with E-state index in [1.165, 1.54) is 43.9 Å². The number of rotatable bonds is 9. The molecule has 1 saturated carbocycles. The van der Waals surface area contributed by atoms with Gasteiger partial charge in [-0.25, -0.2) is 9.18 Å². The number of nitrogens with zero attached hydrogens (tertiary/aromatic N) is 3.